The van der Waals surface area contributed by atoms with Crippen molar-refractivity contribution in [2.75, 3.05) is 11.1 Å². The third-order valence-corrected chi connectivity index (χ3v) is 7.54. The summed E-state index contributed by atoms with van der Waals surface area (Å²) in [4.78, 5) is 9.15. The third kappa shape index (κ3) is 3.54. The van der Waals surface area contributed by atoms with Crippen LogP contribution in [0.1, 0.15) is 18.5 Å². The van der Waals surface area contributed by atoms with E-state index in [2.05, 4.69) is 15.3 Å². The molecular formula is C20H19N5O2S2. The van der Waals surface area contributed by atoms with Crippen molar-refractivity contribution < 1.29 is 8.42 Å². The van der Waals surface area contributed by atoms with E-state index in [0.29, 0.717) is 29.9 Å². The van der Waals surface area contributed by atoms with Crippen LogP contribution < -0.4 is 16.8 Å². The molecule has 3 aromatic rings. The van der Waals surface area contributed by atoms with Crippen molar-refractivity contribution in [2.24, 2.45) is 5.73 Å². The lowest BCUT2D eigenvalue weighted by atomic mass is 10.1. The molecule has 0 aliphatic heterocycles. The fourth-order valence-corrected chi connectivity index (χ4v) is 5.38. The van der Waals surface area contributed by atoms with Gasteiger partial charge in [0.25, 0.3) is 0 Å². The van der Waals surface area contributed by atoms with Gasteiger partial charge in [0.1, 0.15) is 10.6 Å². The number of thiocarbonyl (C=S) groups is 1. The van der Waals surface area contributed by atoms with Gasteiger partial charge in [0, 0.05) is 17.3 Å². The Morgan fingerprint density at radius 2 is 1.69 bits per heavy atom. The van der Waals surface area contributed by atoms with E-state index < -0.39 is 14.6 Å². The molecule has 2 aromatic carbocycles. The molecule has 1 aliphatic carbocycles. The lowest BCUT2D eigenvalue weighted by Crippen LogP contribution is -2.23. The number of benzene rings is 2. The smallest absolute Gasteiger partial charge is 0.189 e. The first-order chi connectivity index (χ1) is 13.8. The van der Waals surface area contributed by atoms with Gasteiger partial charge in [0.15, 0.2) is 20.8 Å². The minimum absolute atomic E-state index is 0.169. The van der Waals surface area contributed by atoms with Crippen molar-refractivity contribution >= 4 is 38.7 Å². The Balaban J connectivity index is 1.73. The summed E-state index contributed by atoms with van der Waals surface area (Å²) in [6.07, 6.45) is 0.994. The van der Waals surface area contributed by atoms with Crippen LogP contribution in [0.5, 0.6) is 0 Å². The van der Waals surface area contributed by atoms with Crippen LogP contribution in [-0.4, -0.2) is 23.5 Å². The molecule has 1 saturated carbocycles. The van der Waals surface area contributed by atoms with Crippen LogP contribution in [0.2, 0.25) is 0 Å². The van der Waals surface area contributed by atoms with Gasteiger partial charge < -0.3 is 16.8 Å². The van der Waals surface area contributed by atoms with E-state index in [0.717, 1.165) is 5.69 Å². The number of aromatic nitrogens is 2. The van der Waals surface area contributed by atoms with Crippen molar-refractivity contribution in [3.8, 4) is 11.4 Å². The molecule has 0 radical (unpaired) electrons. The van der Waals surface area contributed by atoms with E-state index in [1.165, 1.54) is 0 Å². The molecule has 0 saturated heterocycles. The second kappa shape index (κ2) is 7.09. The van der Waals surface area contributed by atoms with E-state index in [-0.39, 0.29) is 15.8 Å². The number of sulfone groups is 1. The summed E-state index contributed by atoms with van der Waals surface area (Å²) in [6.45, 7) is 0. The fourth-order valence-electron chi connectivity index (χ4n) is 3.27. The second-order valence-corrected chi connectivity index (χ2v) is 9.58. The first-order valence-electron chi connectivity index (χ1n) is 8.93. The maximum atomic E-state index is 13.3. The molecule has 148 valence electrons. The maximum Gasteiger partial charge on any atom is 0.189 e. The van der Waals surface area contributed by atoms with Gasteiger partial charge in [-0.3, -0.25) is 0 Å². The molecule has 1 fully saturated rings. The predicted molar refractivity (Wildman–Crippen MR) is 117 cm³/mol. The number of anilines is 2. The zero-order valence-corrected chi connectivity index (χ0v) is 17.0. The summed E-state index contributed by atoms with van der Waals surface area (Å²) < 4.78 is 25.5. The molecule has 5 N–H and O–H groups in total. The standard InChI is InChI=1S/C20H19N5O2S2/c21-17-12-16(20(10-11-20)29(26,27)15-4-2-1-3-5-15)24-18(25-17)13-6-8-14(9-7-13)23-19(22)28/h1-9,12H,10-11H2,(H2,21,24,25)(H3,22,23,28). The number of nitrogens with one attached hydrogen (secondary N) is 1. The number of nitrogens with two attached hydrogens (primary N) is 2. The van der Waals surface area contributed by atoms with Gasteiger partial charge >= 0.3 is 0 Å². The Kier molecular flexibility index (Phi) is 4.71. The normalized spacial score (nSPS) is 14.9. The van der Waals surface area contributed by atoms with Crippen LogP contribution in [-0.2, 0) is 14.6 Å². The third-order valence-electron chi connectivity index (χ3n) is 4.90. The molecule has 4 rings (SSSR count). The quantitative estimate of drug-likeness (QED) is 0.533. The van der Waals surface area contributed by atoms with Crippen LogP contribution in [0.15, 0.2) is 65.6 Å². The van der Waals surface area contributed by atoms with Crippen molar-refractivity contribution in [3.05, 3.63) is 66.4 Å². The Morgan fingerprint density at radius 3 is 2.28 bits per heavy atom. The highest BCUT2D eigenvalue weighted by atomic mass is 32.2. The molecule has 1 aromatic heterocycles. The van der Waals surface area contributed by atoms with Crippen LogP contribution in [0.3, 0.4) is 0 Å². The van der Waals surface area contributed by atoms with E-state index >= 15 is 0 Å². The highest BCUT2D eigenvalue weighted by Crippen LogP contribution is 2.54. The SMILES string of the molecule is NC(=S)Nc1ccc(-c2nc(N)cc(C3(S(=O)(=O)c4ccccc4)CC3)n2)cc1. The molecule has 0 unspecified atom stereocenters. The first-order valence-corrected chi connectivity index (χ1v) is 10.8. The molecule has 0 spiro atoms. The number of nitrogen functional groups attached to an aromatic ring is 1. The number of hydrogen-bond acceptors (Lipinski definition) is 6. The Hall–Kier alpha value is -3.04. The van der Waals surface area contributed by atoms with Crippen molar-refractivity contribution in [2.45, 2.75) is 22.5 Å². The summed E-state index contributed by atoms with van der Waals surface area (Å²) >= 11 is 4.83. The lowest BCUT2D eigenvalue weighted by Gasteiger charge is -2.17. The zero-order chi connectivity index (χ0) is 20.6. The minimum atomic E-state index is -3.60. The summed E-state index contributed by atoms with van der Waals surface area (Å²) in [5.41, 5.74) is 13.4. The van der Waals surface area contributed by atoms with E-state index in [1.54, 1.807) is 60.7 Å². The summed E-state index contributed by atoms with van der Waals surface area (Å²) in [6, 6.07) is 17.1. The Bertz CT molecular complexity index is 1180. The van der Waals surface area contributed by atoms with Gasteiger partial charge in [-0.25, -0.2) is 18.4 Å². The maximum absolute atomic E-state index is 13.3. The van der Waals surface area contributed by atoms with E-state index in [4.69, 9.17) is 23.7 Å². The zero-order valence-electron chi connectivity index (χ0n) is 15.4. The largest absolute Gasteiger partial charge is 0.384 e. The monoisotopic (exact) mass is 425 g/mol. The molecule has 1 aliphatic rings. The molecular weight excluding hydrogens is 406 g/mol. The summed E-state index contributed by atoms with van der Waals surface area (Å²) in [5, 5.41) is 3.01. The number of hydrogen-bond donors (Lipinski definition) is 3. The van der Waals surface area contributed by atoms with E-state index in [1.807, 2.05) is 0 Å². The summed E-state index contributed by atoms with van der Waals surface area (Å²) in [7, 11) is -3.60. The van der Waals surface area contributed by atoms with Crippen molar-refractivity contribution in [3.63, 3.8) is 0 Å². The fraction of sp³-hybridized carbons (Fsp3) is 0.150. The van der Waals surface area contributed by atoms with Crippen molar-refractivity contribution in [1.82, 2.24) is 9.97 Å². The molecule has 7 nitrogen and oxygen atoms in total. The molecule has 9 heteroatoms. The molecule has 0 atom stereocenters. The average Bonchev–Trinajstić information content (AvgIpc) is 3.51. The predicted octanol–water partition coefficient (Wildman–Crippen LogP) is 2.84. The topological polar surface area (TPSA) is 124 Å². The Labute approximate surface area is 174 Å². The van der Waals surface area contributed by atoms with Crippen LogP contribution in [0.4, 0.5) is 11.5 Å². The van der Waals surface area contributed by atoms with Gasteiger partial charge in [-0.1, -0.05) is 18.2 Å². The Morgan fingerprint density at radius 1 is 1.03 bits per heavy atom. The molecule has 0 bridgehead atoms. The highest BCUT2D eigenvalue weighted by molar-refractivity contribution is 7.92. The van der Waals surface area contributed by atoms with E-state index in [9.17, 15) is 8.42 Å². The minimum Gasteiger partial charge on any atom is -0.384 e. The molecule has 1 heterocycles. The van der Waals surface area contributed by atoms with Gasteiger partial charge in [0.2, 0.25) is 0 Å². The number of rotatable bonds is 5. The number of nitrogens with zero attached hydrogens (tertiary/aromatic N) is 2. The van der Waals surface area contributed by atoms with Crippen LogP contribution >= 0.6 is 12.2 Å². The lowest BCUT2D eigenvalue weighted by molar-refractivity contribution is 0.578. The van der Waals surface area contributed by atoms with Gasteiger partial charge in [-0.15, -0.1) is 0 Å². The van der Waals surface area contributed by atoms with Gasteiger partial charge in [-0.2, -0.15) is 0 Å². The van der Waals surface area contributed by atoms with Crippen molar-refractivity contribution in [1.29, 1.82) is 0 Å². The molecule has 0 amide bonds. The molecule has 29 heavy (non-hydrogen) atoms. The van der Waals surface area contributed by atoms with Crippen LogP contribution in [0.25, 0.3) is 11.4 Å². The average molecular weight is 426 g/mol. The van der Waals surface area contributed by atoms with Gasteiger partial charge in [0.05, 0.1) is 10.6 Å². The summed E-state index contributed by atoms with van der Waals surface area (Å²) in [5.74, 6) is 0.598. The van der Waals surface area contributed by atoms with Crippen LogP contribution in [0, 0.1) is 0 Å². The van der Waals surface area contributed by atoms with Gasteiger partial charge in [-0.05, 0) is 61.5 Å². The first kappa shape index (κ1) is 19.3. The second-order valence-electron chi connectivity index (χ2n) is 6.88. The highest BCUT2D eigenvalue weighted by Gasteiger charge is 2.57.